The minimum Gasteiger partial charge on any atom is -0.364 e. The molecule has 60 valence electrons. The molecular formula is C6H7ClN2O2. The monoisotopic (exact) mass is 174 g/mol. The largest absolute Gasteiger partial charge is 0.364 e. The zero-order valence-electron chi connectivity index (χ0n) is 5.95. The van der Waals surface area contributed by atoms with E-state index in [1.165, 1.54) is 24.1 Å². The molecule has 0 amide bonds. The number of rotatable bonds is 2. The van der Waals surface area contributed by atoms with Gasteiger partial charge >= 0.3 is 0 Å². The van der Waals surface area contributed by atoms with Crippen molar-refractivity contribution in [2.24, 2.45) is 0 Å². The van der Waals surface area contributed by atoms with Crippen LogP contribution in [0.4, 0.5) is 0 Å². The molecule has 0 aliphatic carbocycles. The van der Waals surface area contributed by atoms with Gasteiger partial charge in [0.1, 0.15) is 18.2 Å². The Bertz CT molecular complexity index is 297. The third-order valence-electron chi connectivity index (χ3n) is 1.11. The maximum atomic E-state index is 11.0. The van der Waals surface area contributed by atoms with Gasteiger partial charge in [0.05, 0.1) is 0 Å². The summed E-state index contributed by atoms with van der Waals surface area (Å²) in [5.74, 6) is 0. The van der Waals surface area contributed by atoms with Gasteiger partial charge in [0, 0.05) is 13.2 Å². The molecule has 1 rings (SSSR count). The van der Waals surface area contributed by atoms with Crippen molar-refractivity contribution >= 4 is 11.6 Å². The van der Waals surface area contributed by atoms with Crippen molar-refractivity contribution in [3.63, 3.8) is 0 Å². The van der Waals surface area contributed by atoms with E-state index in [1.54, 1.807) is 0 Å². The van der Waals surface area contributed by atoms with Gasteiger partial charge in [-0.3, -0.25) is 9.36 Å². The molecule has 0 saturated carbocycles. The Morgan fingerprint density at radius 2 is 2.55 bits per heavy atom. The molecule has 0 spiro atoms. The zero-order valence-corrected chi connectivity index (χ0v) is 6.71. The summed E-state index contributed by atoms with van der Waals surface area (Å²) in [5, 5.41) is 0.197. The average Bonchev–Trinajstić information content (AvgIpc) is 1.95. The lowest BCUT2D eigenvalue weighted by atomic mass is 10.6. The first kappa shape index (κ1) is 8.23. The van der Waals surface area contributed by atoms with Crippen LogP contribution in [0, 0.1) is 0 Å². The number of hydrogen-bond donors (Lipinski definition) is 0. The second-order valence-electron chi connectivity index (χ2n) is 1.94. The number of ether oxygens (including phenoxy) is 1. The highest BCUT2D eigenvalue weighted by molar-refractivity contribution is 6.29. The van der Waals surface area contributed by atoms with Gasteiger partial charge in [0.15, 0.2) is 0 Å². The highest BCUT2D eigenvalue weighted by Crippen LogP contribution is 1.95. The summed E-state index contributed by atoms with van der Waals surface area (Å²) in [6.07, 6.45) is 1.34. The second kappa shape index (κ2) is 3.50. The van der Waals surface area contributed by atoms with Crippen LogP contribution in [-0.2, 0) is 11.5 Å². The highest BCUT2D eigenvalue weighted by Gasteiger charge is 1.95. The van der Waals surface area contributed by atoms with Crippen LogP contribution in [0.25, 0.3) is 0 Å². The maximum absolute atomic E-state index is 11.0. The number of aromatic nitrogens is 2. The van der Waals surface area contributed by atoms with E-state index in [9.17, 15) is 4.79 Å². The Labute approximate surface area is 68.4 Å². The highest BCUT2D eigenvalue weighted by atomic mass is 35.5. The minimum absolute atomic E-state index is 0.197. The molecule has 0 unspecified atom stereocenters. The molecule has 0 N–H and O–H groups in total. The molecule has 0 fully saturated rings. The molecule has 5 heteroatoms. The maximum Gasteiger partial charge on any atom is 0.256 e. The fourth-order valence-electron chi connectivity index (χ4n) is 0.640. The van der Waals surface area contributed by atoms with E-state index in [0.29, 0.717) is 0 Å². The summed E-state index contributed by atoms with van der Waals surface area (Å²) in [7, 11) is 1.50. The van der Waals surface area contributed by atoms with Crippen molar-refractivity contribution in [2.45, 2.75) is 6.73 Å². The predicted octanol–water partition coefficient (Wildman–Crippen LogP) is 0.501. The van der Waals surface area contributed by atoms with Crippen LogP contribution in [0.2, 0.25) is 5.15 Å². The van der Waals surface area contributed by atoms with Gasteiger partial charge in [-0.2, -0.15) is 0 Å². The number of nitrogens with zero attached hydrogens (tertiary/aromatic N) is 2. The molecule has 4 nitrogen and oxygen atoms in total. The topological polar surface area (TPSA) is 44.1 Å². The van der Waals surface area contributed by atoms with Crippen molar-refractivity contribution < 1.29 is 4.74 Å². The van der Waals surface area contributed by atoms with Crippen LogP contribution in [-0.4, -0.2) is 16.7 Å². The summed E-state index contributed by atoms with van der Waals surface area (Å²) in [5.41, 5.74) is -0.216. The molecule has 0 radical (unpaired) electrons. The summed E-state index contributed by atoms with van der Waals surface area (Å²) in [6.45, 7) is 0.197. The van der Waals surface area contributed by atoms with Gasteiger partial charge < -0.3 is 4.74 Å². The van der Waals surface area contributed by atoms with Crippen molar-refractivity contribution in [1.82, 2.24) is 9.55 Å². The first-order valence-electron chi connectivity index (χ1n) is 2.95. The Hall–Kier alpha value is -0.870. The first-order valence-corrected chi connectivity index (χ1v) is 3.33. The van der Waals surface area contributed by atoms with E-state index in [4.69, 9.17) is 16.3 Å². The van der Waals surface area contributed by atoms with Crippen LogP contribution in [0.5, 0.6) is 0 Å². The standard InChI is InChI=1S/C6H7ClN2O2/c1-11-4-9-3-8-5(7)2-6(9)10/h2-3H,4H2,1H3. The van der Waals surface area contributed by atoms with Crippen LogP contribution in [0.15, 0.2) is 17.2 Å². The van der Waals surface area contributed by atoms with E-state index >= 15 is 0 Å². The second-order valence-corrected chi connectivity index (χ2v) is 2.32. The van der Waals surface area contributed by atoms with E-state index in [0.717, 1.165) is 0 Å². The van der Waals surface area contributed by atoms with Gasteiger partial charge in [0.25, 0.3) is 5.56 Å². The predicted molar refractivity (Wildman–Crippen MR) is 40.5 cm³/mol. The van der Waals surface area contributed by atoms with Crippen LogP contribution < -0.4 is 5.56 Å². The number of hydrogen-bond acceptors (Lipinski definition) is 3. The molecule has 11 heavy (non-hydrogen) atoms. The fraction of sp³-hybridized carbons (Fsp3) is 0.333. The Kier molecular flexibility index (Phi) is 2.62. The fourth-order valence-corrected chi connectivity index (χ4v) is 0.777. The molecule has 0 aliphatic rings. The summed E-state index contributed by atoms with van der Waals surface area (Å²) < 4.78 is 6.04. The number of halogens is 1. The van der Waals surface area contributed by atoms with Crippen LogP contribution in [0.1, 0.15) is 0 Å². The average molecular weight is 175 g/mol. The lowest BCUT2D eigenvalue weighted by molar-refractivity contribution is 0.127. The molecule has 1 aromatic heterocycles. The normalized spacial score (nSPS) is 10.0. The lowest BCUT2D eigenvalue weighted by Crippen LogP contribution is -2.19. The van der Waals surface area contributed by atoms with E-state index in [2.05, 4.69) is 4.98 Å². The molecular weight excluding hydrogens is 168 g/mol. The molecule has 1 heterocycles. The molecule has 0 saturated heterocycles. The third-order valence-corrected chi connectivity index (χ3v) is 1.32. The Morgan fingerprint density at radius 1 is 1.82 bits per heavy atom. The molecule has 0 bridgehead atoms. The summed E-state index contributed by atoms with van der Waals surface area (Å²) in [6, 6.07) is 1.24. The van der Waals surface area contributed by atoms with Gasteiger partial charge in [-0.05, 0) is 0 Å². The summed E-state index contributed by atoms with van der Waals surface area (Å²) >= 11 is 5.45. The smallest absolute Gasteiger partial charge is 0.256 e. The minimum atomic E-state index is -0.216. The van der Waals surface area contributed by atoms with Gasteiger partial charge in [-0.25, -0.2) is 4.98 Å². The molecule has 0 atom stereocenters. The first-order chi connectivity index (χ1) is 5.24. The van der Waals surface area contributed by atoms with Crippen molar-refractivity contribution in [1.29, 1.82) is 0 Å². The summed E-state index contributed by atoms with van der Waals surface area (Å²) in [4.78, 5) is 14.7. The SMILES string of the molecule is COCn1cnc(Cl)cc1=O. The van der Waals surface area contributed by atoms with Crippen LogP contribution >= 0.6 is 11.6 Å². The quantitative estimate of drug-likeness (QED) is 0.614. The van der Waals surface area contributed by atoms with Crippen molar-refractivity contribution in [3.05, 3.63) is 27.9 Å². The van der Waals surface area contributed by atoms with Gasteiger partial charge in [0.2, 0.25) is 0 Å². The van der Waals surface area contributed by atoms with Crippen molar-refractivity contribution in [3.8, 4) is 0 Å². The Morgan fingerprint density at radius 3 is 3.09 bits per heavy atom. The lowest BCUT2D eigenvalue weighted by Gasteiger charge is -2.00. The number of methoxy groups -OCH3 is 1. The van der Waals surface area contributed by atoms with Gasteiger partial charge in [-0.1, -0.05) is 11.6 Å². The van der Waals surface area contributed by atoms with E-state index in [-0.39, 0.29) is 17.4 Å². The third kappa shape index (κ3) is 2.03. The van der Waals surface area contributed by atoms with Gasteiger partial charge in [-0.15, -0.1) is 0 Å². The Balaban J connectivity index is 3.00. The molecule has 0 aliphatic heterocycles. The van der Waals surface area contributed by atoms with E-state index < -0.39 is 0 Å². The zero-order chi connectivity index (χ0) is 8.27. The molecule has 0 aromatic carbocycles. The van der Waals surface area contributed by atoms with Crippen molar-refractivity contribution in [2.75, 3.05) is 7.11 Å². The van der Waals surface area contributed by atoms with Crippen LogP contribution in [0.3, 0.4) is 0 Å². The molecule has 1 aromatic rings. The van der Waals surface area contributed by atoms with E-state index in [1.807, 2.05) is 0 Å².